The number of methoxy groups -OCH3 is 1. The van der Waals surface area contributed by atoms with E-state index in [0.29, 0.717) is 0 Å². The highest BCUT2D eigenvalue weighted by atomic mass is 19.1. The van der Waals surface area contributed by atoms with Crippen LogP contribution in [0, 0.1) is 5.82 Å². The molecule has 1 fully saturated rings. The maximum atomic E-state index is 13.6. The van der Waals surface area contributed by atoms with Crippen molar-refractivity contribution in [2.24, 2.45) is 0 Å². The van der Waals surface area contributed by atoms with Gasteiger partial charge in [0.15, 0.2) is 12.0 Å². The molecule has 2 rings (SSSR count). The molecule has 4 atom stereocenters. The van der Waals surface area contributed by atoms with Gasteiger partial charge in [-0.25, -0.2) is 4.79 Å². The molecule has 0 bridgehead atoms. The van der Waals surface area contributed by atoms with Gasteiger partial charge in [-0.15, -0.1) is 0 Å². The zero-order valence-corrected chi connectivity index (χ0v) is 13.6. The summed E-state index contributed by atoms with van der Waals surface area (Å²) >= 11 is 0. The lowest BCUT2D eigenvalue weighted by molar-refractivity contribution is -0.171. The first-order chi connectivity index (χ1) is 11.2. The van der Waals surface area contributed by atoms with Crippen molar-refractivity contribution in [2.75, 3.05) is 7.11 Å². The first-order valence-electron chi connectivity index (χ1n) is 7.18. The van der Waals surface area contributed by atoms with Crippen LogP contribution in [-0.2, 0) is 23.7 Å². The van der Waals surface area contributed by atoms with Gasteiger partial charge in [0.2, 0.25) is 5.82 Å². The summed E-state index contributed by atoms with van der Waals surface area (Å²) in [7, 11) is 1.37. The van der Waals surface area contributed by atoms with Crippen molar-refractivity contribution in [3.63, 3.8) is 0 Å². The molecule has 0 amide bonds. The van der Waals surface area contributed by atoms with E-state index in [-0.39, 0.29) is 6.47 Å². The van der Waals surface area contributed by atoms with Gasteiger partial charge in [0.1, 0.15) is 18.3 Å². The van der Waals surface area contributed by atoms with Crippen LogP contribution in [0.2, 0.25) is 0 Å². The molecule has 0 unspecified atom stereocenters. The topological polar surface area (TPSA) is 109 Å². The van der Waals surface area contributed by atoms with Crippen molar-refractivity contribution < 1.29 is 28.1 Å². The summed E-state index contributed by atoms with van der Waals surface area (Å²) in [5.74, 6) is -2.26. The highest BCUT2D eigenvalue weighted by Crippen LogP contribution is 2.37. The Bertz CT molecular complexity index is 714. The van der Waals surface area contributed by atoms with Crippen LogP contribution < -0.4 is 11.2 Å². The van der Waals surface area contributed by atoms with Crippen LogP contribution >= 0.6 is 0 Å². The van der Waals surface area contributed by atoms with E-state index in [1.807, 2.05) is 4.98 Å². The number of hydrogen-bond donors (Lipinski definition) is 1. The highest BCUT2D eigenvalue weighted by molar-refractivity contribution is 5.37. The number of aromatic amines is 1. The van der Waals surface area contributed by atoms with Crippen molar-refractivity contribution in [3.05, 3.63) is 32.9 Å². The van der Waals surface area contributed by atoms with Gasteiger partial charge in [0, 0.05) is 7.11 Å². The Hall–Kier alpha value is -2.04. The van der Waals surface area contributed by atoms with Crippen molar-refractivity contribution in [1.29, 1.82) is 0 Å². The normalized spacial score (nSPS) is 25.2. The largest absolute Gasteiger partial charge is 0.462 e. The molecule has 134 valence electrons. The summed E-state index contributed by atoms with van der Waals surface area (Å²) < 4.78 is 36.1. The standard InChI is InChI=1S/C14H19FN2O7/c1-7(22-6-18)9(21-4)10-12(24-14(2,3)23-10)17-5-8(15)11(19)16-13(17)20/h5-7,9-10,12H,1-4H3,(H,16,19,20)/t7-,9-,10+,12-/m0/s1. The van der Waals surface area contributed by atoms with Crippen molar-refractivity contribution in [1.82, 2.24) is 9.55 Å². The fraction of sp³-hybridized carbons (Fsp3) is 0.643. The average Bonchev–Trinajstić information content (AvgIpc) is 2.79. The first-order valence-corrected chi connectivity index (χ1v) is 7.18. The molecule has 0 spiro atoms. The predicted molar refractivity (Wildman–Crippen MR) is 77.8 cm³/mol. The third-order valence-electron chi connectivity index (χ3n) is 3.63. The number of ether oxygens (including phenoxy) is 4. The number of rotatable bonds is 6. The number of nitrogens with zero attached hydrogens (tertiary/aromatic N) is 1. The molecule has 24 heavy (non-hydrogen) atoms. The van der Waals surface area contributed by atoms with E-state index in [0.717, 1.165) is 10.8 Å². The lowest BCUT2D eigenvalue weighted by Gasteiger charge is -2.29. The smallest absolute Gasteiger partial charge is 0.330 e. The van der Waals surface area contributed by atoms with Gasteiger partial charge in [-0.3, -0.25) is 19.1 Å². The number of nitrogens with one attached hydrogen (secondary N) is 1. The Kier molecular flexibility index (Phi) is 5.21. The van der Waals surface area contributed by atoms with Crippen LogP contribution in [0.1, 0.15) is 27.0 Å². The quantitative estimate of drug-likeness (QED) is 0.717. The van der Waals surface area contributed by atoms with E-state index >= 15 is 0 Å². The number of H-pyrrole nitrogens is 1. The second kappa shape index (κ2) is 6.83. The Labute approximate surface area is 136 Å². The number of carbonyl (C=O) groups excluding carboxylic acids is 1. The van der Waals surface area contributed by atoms with E-state index in [9.17, 15) is 18.8 Å². The molecule has 1 aliphatic rings. The van der Waals surface area contributed by atoms with E-state index in [1.54, 1.807) is 20.8 Å². The minimum Gasteiger partial charge on any atom is -0.462 e. The number of aromatic nitrogens is 2. The molecule has 0 aromatic carbocycles. The number of hydrogen-bond acceptors (Lipinski definition) is 7. The highest BCUT2D eigenvalue weighted by Gasteiger charge is 2.49. The monoisotopic (exact) mass is 346 g/mol. The van der Waals surface area contributed by atoms with Crippen molar-refractivity contribution in [2.45, 2.75) is 51.1 Å². The minimum atomic E-state index is -1.15. The van der Waals surface area contributed by atoms with Crippen LogP contribution in [0.5, 0.6) is 0 Å². The molecule has 10 heteroatoms. The Morgan fingerprint density at radius 2 is 2.08 bits per heavy atom. The summed E-state index contributed by atoms with van der Waals surface area (Å²) in [6.45, 7) is 5.04. The second-order valence-electron chi connectivity index (χ2n) is 5.77. The summed E-state index contributed by atoms with van der Waals surface area (Å²) in [6.07, 6.45) is -2.78. The van der Waals surface area contributed by atoms with Crippen molar-refractivity contribution >= 4 is 6.47 Å². The molecule has 0 radical (unpaired) electrons. The molecule has 2 heterocycles. The maximum absolute atomic E-state index is 13.6. The lowest BCUT2D eigenvalue weighted by Crippen LogP contribution is -2.45. The van der Waals surface area contributed by atoms with Gasteiger partial charge in [-0.05, 0) is 20.8 Å². The fourth-order valence-corrected chi connectivity index (χ4v) is 2.62. The van der Waals surface area contributed by atoms with Gasteiger partial charge in [-0.1, -0.05) is 0 Å². The summed E-state index contributed by atoms with van der Waals surface area (Å²) in [6, 6.07) is 0. The first kappa shape index (κ1) is 18.3. The van der Waals surface area contributed by atoms with Gasteiger partial charge in [0.25, 0.3) is 12.0 Å². The van der Waals surface area contributed by atoms with Crippen molar-refractivity contribution in [3.8, 4) is 0 Å². The molecule has 1 N–H and O–H groups in total. The molecule has 1 aromatic rings. The van der Waals surface area contributed by atoms with Crippen LogP contribution in [0.15, 0.2) is 15.8 Å². The SMILES string of the molecule is CO[C@H]([C@H]1OC(C)(C)O[C@@H]1n1cc(F)c(=O)[nH]c1=O)[C@H](C)OC=O. The van der Waals surface area contributed by atoms with E-state index in [2.05, 4.69) is 0 Å². The van der Waals surface area contributed by atoms with E-state index < -0.39 is 47.4 Å². The van der Waals surface area contributed by atoms with Gasteiger partial charge in [-0.2, -0.15) is 4.39 Å². The van der Waals surface area contributed by atoms with Crippen LogP contribution in [0.3, 0.4) is 0 Å². The minimum absolute atomic E-state index is 0.262. The molecule has 1 saturated heterocycles. The third-order valence-corrected chi connectivity index (χ3v) is 3.63. The summed E-state index contributed by atoms with van der Waals surface area (Å²) in [5, 5.41) is 0. The molecule has 9 nitrogen and oxygen atoms in total. The van der Waals surface area contributed by atoms with Gasteiger partial charge >= 0.3 is 5.69 Å². The predicted octanol–water partition coefficient (Wildman–Crippen LogP) is -0.0977. The second-order valence-corrected chi connectivity index (χ2v) is 5.77. The zero-order chi connectivity index (χ0) is 18.1. The summed E-state index contributed by atoms with van der Waals surface area (Å²) in [4.78, 5) is 35.6. The fourth-order valence-electron chi connectivity index (χ4n) is 2.62. The average molecular weight is 346 g/mol. The molecule has 0 aliphatic carbocycles. The van der Waals surface area contributed by atoms with Crippen LogP contribution in [-0.4, -0.2) is 47.2 Å². The van der Waals surface area contributed by atoms with Crippen LogP contribution in [0.25, 0.3) is 0 Å². The Morgan fingerprint density at radius 1 is 1.42 bits per heavy atom. The van der Waals surface area contributed by atoms with E-state index in [4.69, 9.17) is 18.9 Å². The van der Waals surface area contributed by atoms with E-state index in [1.165, 1.54) is 7.11 Å². The molecular weight excluding hydrogens is 327 g/mol. The molecule has 1 aromatic heterocycles. The van der Waals surface area contributed by atoms with Gasteiger partial charge in [0.05, 0.1) is 6.20 Å². The van der Waals surface area contributed by atoms with Crippen LogP contribution in [0.4, 0.5) is 4.39 Å². The molecule has 1 aliphatic heterocycles. The molecular formula is C14H19FN2O7. The maximum Gasteiger partial charge on any atom is 0.330 e. The Balaban J connectivity index is 2.46. The number of halogens is 1. The summed E-state index contributed by atoms with van der Waals surface area (Å²) in [5.41, 5.74) is -2.00. The number of carbonyl (C=O) groups is 1. The van der Waals surface area contributed by atoms with Gasteiger partial charge < -0.3 is 18.9 Å². The third kappa shape index (κ3) is 3.55. The lowest BCUT2D eigenvalue weighted by atomic mass is 10.1. The Morgan fingerprint density at radius 3 is 2.67 bits per heavy atom. The molecule has 0 saturated carbocycles. The zero-order valence-electron chi connectivity index (χ0n) is 13.6.